The lowest BCUT2D eigenvalue weighted by Gasteiger charge is -2.11. The van der Waals surface area contributed by atoms with Gasteiger partial charge >= 0.3 is 0 Å². The molecule has 0 spiro atoms. The van der Waals surface area contributed by atoms with Crippen molar-refractivity contribution in [2.24, 2.45) is 5.92 Å². The second kappa shape index (κ2) is 5.12. The Balaban J connectivity index is 0.000000561. The molecule has 1 N–H and O–H groups in total. The lowest BCUT2D eigenvalue weighted by Crippen LogP contribution is -2.25. The molecule has 1 rings (SSSR count). The summed E-state index contributed by atoms with van der Waals surface area (Å²) >= 11 is 0. The van der Waals surface area contributed by atoms with Crippen LogP contribution in [0.3, 0.4) is 0 Å². The van der Waals surface area contributed by atoms with Crippen molar-refractivity contribution in [1.82, 2.24) is 5.32 Å². The first-order valence-corrected chi connectivity index (χ1v) is 4.61. The average molecular weight is 175 g/mol. The Hall–Kier alpha value is -0.600. The van der Waals surface area contributed by atoms with Crippen LogP contribution in [0.1, 0.15) is 34.1 Å². The highest BCUT2D eigenvalue weighted by molar-refractivity contribution is 5.83. The molecule has 0 radical (unpaired) electrons. The standard InChI is InChI=1S/C7H12FNO.C2H6/c1-3-5-4(2)9-7(10)6(5)8;1-2/h4-6H,3H2,1-2H3,(H,9,10);1-2H3/t4?,5-,6?;/m1./s1. The van der Waals surface area contributed by atoms with Crippen molar-refractivity contribution in [3.8, 4) is 0 Å². The van der Waals surface area contributed by atoms with Crippen LogP contribution in [-0.4, -0.2) is 18.1 Å². The zero-order valence-corrected chi connectivity index (χ0v) is 8.23. The number of halogens is 1. The summed E-state index contributed by atoms with van der Waals surface area (Å²) in [6.07, 6.45) is -0.554. The van der Waals surface area contributed by atoms with Crippen molar-refractivity contribution in [1.29, 1.82) is 0 Å². The van der Waals surface area contributed by atoms with Gasteiger partial charge in [0.05, 0.1) is 0 Å². The van der Waals surface area contributed by atoms with Crippen LogP contribution in [0.2, 0.25) is 0 Å². The highest BCUT2D eigenvalue weighted by atomic mass is 19.1. The van der Waals surface area contributed by atoms with Gasteiger partial charge in [0.25, 0.3) is 5.91 Å². The minimum Gasteiger partial charge on any atom is -0.351 e. The summed E-state index contributed by atoms with van der Waals surface area (Å²) in [7, 11) is 0. The van der Waals surface area contributed by atoms with Crippen LogP contribution in [0.25, 0.3) is 0 Å². The van der Waals surface area contributed by atoms with Crippen LogP contribution in [0.5, 0.6) is 0 Å². The van der Waals surface area contributed by atoms with Crippen molar-refractivity contribution in [2.75, 3.05) is 0 Å². The number of carbonyl (C=O) groups is 1. The van der Waals surface area contributed by atoms with Gasteiger partial charge in [-0.05, 0) is 13.3 Å². The second-order valence-corrected chi connectivity index (χ2v) is 2.77. The van der Waals surface area contributed by atoms with Gasteiger partial charge in [-0.3, -0.25) is 4.79 Å². The summed E-state index contributed by atoms with van der Waals surface area (Å²) in [5.41, 5.74) is 0. The zero-order chi connectivity index (χ0) is 9.72. The van der Waals surface area contributed by atoms with E-state index in [-0.39, 0.29) is 12.0 Å². The first-order valence-electron chi connectivity index (χ1n) is 4.61. The minimum absolute atomic E-state index is 0.00694. The Labute approximate surface area is 73.5 Å². The SMILES string of the molecule is CC.CC[C@@H]1C(C)NC(=O)C1F. The van der Waals surface area contributed by atoms with E-state index in [2.05, 4.69) is 5.32 Å². The molecule has 0 aromatic rings. The van der Waals surface area contributed by atoms with Gasteiger partial charge in [-0.15, -0.1) is 0 Å². The van der Waals surface area contributed by atoms with Crippen molar-refractivity contribution >= 4 is 5.91 Å². The van der Waals surface area contributed by atoms with E-state index in [1.807, 2.05) is 27.7 Å². The minimum atomic E-state index is -1.28. The smallest absolute Gasteiger partial charge is 0.255 e. The molecule has 1 aliphatic heterocycles. The monoisotopic (exact) mass is 175 g/mol. The number of nitrogens with one attached hydrogen (secondary N) is 1. The van der Waals surface area contributed by atoms with Crippen LogP contribution < -0.4 is 5.32 Å². The number of hydrogen-bond acceptors (Lipinski definition) is 1. The molecule has 2 unspecified atom stereocenters. The maximum atomic E-state index is 12.8. The molecule has 0 saturated carbocycles. The molecule has 0 aliphatic carbocycles. The van der Waals surface area contributed by atoms with E-state index < -0.39 is 12.1 Å². The van der Waals surface area contributed by atoms with Gasteiger partial charge in [0, 0.05) is 12.0 Å². The molecule has 1 amide bonds. The average Bonchev–Trinajstić information content (AvgIpc) is 2.31. The number of amides is 1. The lowest BCUT2D eigenvalue weighted by atomic mass is 9.98. The Kier molecular flexibility index (Phi) is 4.86. The summed E-state index contributed by atoms with van der Waals surface area (Å²) in [6, 6.07) is 0.00694. The maximum Gasteiger partial charge on any atom is 0.255 e. The van der Waals surface area contributed by atoms with Gasteiger partial charge in [0.1, 0.15) is 0 Å². The molecule has 0 aromatic heterocycles. The third-order valence-electron chi connectivity index (χ3n) is 2.11. The molecule has 3 atom stereocenters. The number of hydrogen-bond donors (Lipinski definition) is 1. The molecule has 1 aliphatic rings. The van der Waals surface area contributed by atoms with Crippen LogP contribution in [0.15, 0.2) is 0 Å². The third-order valence-corrected chi connectivity index (χ3v) is 2.11. The Morgan fingerprint density at radius 3 is 2.17 bits per heavy atom. The molecular formula is C9H18FNO. The maximum absolute atomic E-state index is 12.8. The van der Waals surface area contributed by atoms with Gasteiger partial charge in [-0.2, -0.15) is 0 Å². The van der Waals surface area contributed by atoms with E-state index in [4.69, 9.17) is 0 Å². The summed E-state index contributed by atoms with van der Waals surface area (Å²) in [5.74, 6) is -0.563. The summed E-state index contributed by atoms with van der Waals surface area (Å²) in [5, 5.41) is 2.55. The molecule has 3 heteroatoms. The molecule has 1 fully saturated rings. The van der Waals surface area contributed by atoms with Crippen LogP contribution in [0, 0.1) is 5.92 Å². The van der Waals surface area contributed by atoms with E-state index >= 15 is 0 Å². The second-order valence-electron chi connectivity index (χ2n) is 2.77. The van der Waals surface area contributed by atoms with Gasteiger partial charge in [-0.25, -0.2) is 4.39 Å². The summed E-state index contributed by atoms with van der Waals surface area (Å²) in [6.45, 7) is 7.74. The van der Waals surface area contributed by atoms with Crippen molar-refractivity contribution in [2.45, 2.75) is 46.3 Å². The molecule has 0 bridgehead atoms. The van der Waals surface area contributed by atoms with Crippen molar-refractivity contribution in [3.05, 3.63) is 0 Å². The molecule has 1 saturated heterocycles. The molecule has 12 heavy (non-hydrogen) atoms. The summed E-state index contributed by atoms with van der Waals surface area (Å²) < 4.78 is 12.8. The first kappa shape index (κ1) is 11.4. The van der Waals surface area contributed by atoms with E-state index in [1.165, 1.54) is 0 Å². The van der Waals surface area contributed by atoms with E-state index in [0.717, 1.165) is 6.42 Å². The lowest BCUT2D eigenvalue weighted by molar-refractivity contribution is -0.123. The highest BCUT2D eigenvalue weighted by Gasteiger charge is 2.38. The largest absolute Gasteiger partial charge is 0.351 e. The van der Waals surface area contributed by atoms with Gasteiger partial charge in [0.15, 0.2) is 6.17 Å². The fourth-order valence-electron chi connectivity index (χ4n) is 1.42. The Morgan fingerprint density at radius 1 is 1.50 bits per heavy atom. The topological polar surface area (TPSA) is 29.1 Å². The van der Waals surface area contributed by atoms with E-state index in [9.17, 15) is 9.18 Å². The first-order chi connectivity index (χ1) is 5.66. The Morgan fingerprint density at radius 2 is 2.00 bits per heavy atom. The molecule has 72 valence electrons. The van der Waals surface area contributed by atoms with Crippen LogP contribution >= 0.6 is 0 Å². The van der Waals surface area contributed by atoms with Gasteiger partial charge < -0.3 is 5.32 Å². The predicted molar refractivity (Wildman–Crippen MR) is 47.6 cm³/mol. The van der Waals surface area contributed by atoms with Crippen molar-refractivity contribution in [3.63, 3.8) is 0 Å². The fraction of sp³-hybridized carbons (Fsp3) is 0.889. The summed E-state index contributed by atoms with van der Waals surface area (Å²) in [4.78, 5) is 10.7. The molecule has 2 nitrogen and oxygen atoms in total. The molecule has 1 heterocycles. The van der Waals surface area contributed by atoms with E-state index in [0.29, 0.717) is 0 Å². The number of alkyl halides is 1. The zero-order valence-electron chi connectivity index (χ0n) is 8.23. The number of carbonyl (C=O) groups excluding carboxylic acids is 1. The van der Waals surface area contributed by atoms with Crippen LogP contribution in [-0.2, 0) is 4.79 Å². The molecule has 0 aromatic carbocycles. The Bertz CT molecular complexity index is 149. The number of rotatable bonds is 1. The predicted octanol–water partition coefficient (Wildman–Crippen LogP) is 1.90. The quantitative estimate of drug-likeness (QED) is 0.648. The van der Waals surface area contributed by atoms with Gasteiger partial charge in [0.2, 0.25) is 0 Å². The normalized spacial score (nSPS) is 33.8. The highest BCUT2D eigenvalue weighted by Crippen LogP contribution is 2.22. The fourth-order valence-corrected chi connectivity index (χ4v) is 1.42. The van der Waals surface area contributed by atoms with Gasteiger partial charge in [-0.1, -0.05) is 20.8 Å². The molecular weight excluding hydrogens is 157 g/mol. The van der Waals surface area contributed by atoms with Crippen LogP contribution in [0.4, 0.5) is 4.39 Å². The van der Waals surface area contributed by atoms with Crippen molar-refractivity contribution < 1.29 is 9.18 Å². The van der Waals surface area contributed by atoms with E-state index in [1.54, 1.807) is 0 Å². The third kappa shape index (κ3) is 2.19.